The summed E-state index contributed by atoms with van der Waals surface area (Å²) in [7, 11) is 0. The monoisotopic (exact) mass is 289 g/mol. The van der Waals surface area contributed by atoms with Crippen molar-refractivity contribution in [1.82, 2.24) is 5.32 Å². The zero-order chi connectivity index (χ0) is 15.7. The lowest BCUT2D eigenvalue weighted by Gasteiger charge is -2.08. The molecule has 0 atom stereocenters. The fraction of sp³-hybridized carbons (Fsp3) is 0.333. The number of nitrogens with one attached hydrogen (secondary N) is 1. The van der Waals surface area contributed by atoms with Crippen LogP contribution in [0, 0.1) is 18.8 Å². The van der Waals surface area contributed by atoms with Crippen molar-refractivity contribution in [1.29, 1.82) is 0 Å². The van der Waals surface area contributed by atoms with Crippen molar-refractivity contribution in [2.24, 2.45) is 11.5 Å². The third-order valence-electron chi connectivity index (χ3n) is 2.52. The molecule has 0 fully saturated rings. The van der Waals surface area contributed by atoms with E-state index in [4.69, 9.17) is 16.2 Å². The molecule has 0 unspecified atom stereocenters. The van der Waals surface area contributed by atoms with Crippen LogP contribution in [0.5, 0.6) is 0 Å². The minimum absolute atomic E-state index is 0.159. The lowest BCUT2D eigenvalue weighted by molar-refractivity contribution is -0.122. The molecule has 0 spiro atoms. The predicted octanol–water partition coefficient (Wildman–Crippen LogP) is -0.463. The van der Waals surface area contributed by atoms with E-state index in [1.54, 1.807) is 6.07 Å². The molecule has 5 N–H and O–H groups in total. The third kappa shape index (κ3) is 6.08. The molecule has 0 saturated heterocycles. The Hall–Kier alpha value is -2.36. The van der Waals surface area contributed by atoms with Crippen molar-refractivity contribution in [2.75, 3.05) is 26.3 Å². The second-order valence-corrected chi connectivity index (χ2v) is 4.33. The van der Waals surface area contributed by atoms with Gasteiger partial charge in [0, 0.05) is 12.1 Å². The van der Waals surface area contributed by atoms with Crippen molar-refractivity contribution >= 4 is 11.8 Å². The molecule has 1 rings (SSSR count). The summed E-state index contributed by atoms with van der Waals surface area (Å²) in [5.41, 5.74) is 12.4. The predicted molar refractivity (Wildman–Crippen MR) is 79.5 cm³/mol. The van der Waals surface area contributed by atoms with Gasteiger partial charge >= 0.3 is 0 Å². The zero-order valence-corrected chi connectivity index (χ0v) is 11.9. The SMILES string of the molecule is Cc1ccc(C(=O)NCCOCC(N)=O)c(C#CCN)c1. The number of benzene rings is 1. The highest BCUT2D eigenvalue weighted by atomic mass is 16.5. The highest BCUT2D eigenvalue weighted by Gasteiger charge is 2.09. The van der Waals surface area contributed by atoms with Gasteiger partial charge in [0.25, 0.3) is 5.91 Å². The minimum atomic E-state index is -0.542. The van der Waals surface area contributed by atoms with E-state index in [1.165, 1.54) is 0 Å². The molecule has 6 nitrogen and oxygen atoms in total. The summed E-state index contributed by atoms with van der Waals surface area (Å²) in [5.74, 6) is 4.83. The summed E-state index contributed by atoms with van der Waals surface area (Å²) >= 11 is 0. The van der Waals surface area contributed by atoms with Gasteiger partial charge in [-0.1, -0.05) is 17.9 Å². The summed E-state index contributed by atoms with van der Waals surface area (Å²) in [6, 6.07) is 5.39. The van der Waals surface area contributed by atoms with E-state index >= 15 is 0 Å². The molecule has 0 bridgehead atoms. The van der Waals surface area contributed by atoms with Crippen molar-refractivity contribution < 1.29 is 14.3 Å². The third-order valence-corrected chi connectivity index (χ3v) is 2.52. The number of hydrogen-bond acceptors (Lipinski definition) is 4. The first-order chi connectivity index (χ1) is 10.0. The van der Waals surface area contributed by atoms with Gasteiger partial charge in [0.15, 0.2) is 0 Å². The molecular formula is C15H19N3O3. The summed E-state index contributed by atoms with van der Waals surface area (Å²) in [4.78, 5) is 22.6. The van der Waals surface area contributed by atoms with Crippen LogP contribution >= 0.6 is 0 Å². The quantitative estimate of drug-likeness (QED) is 0.486. The molecule has 1 aromatic carbocycles. The van der Waals surface area contributed by atoms with Gasteiger partial charge in [-0.15, -0.1) is 0 Å². The Labute approximate surface area is 123 Å². The number of amides is 2. The zero-order valence-electron chi connectivity index (χ0n) is 11.9. The Bertz CT molecular complexity index is 573. The van der Waals surface area contributed by atoms with Crippen LogP contribution < -0.4 is 16.8 Å². The van der Waals surface area contributed by atoms with E-state index in [9.17, 15) is 9.59 Å². The van der Waals surface area contributed by atoms with Crippen LogP contribution in [0.25, 0.3) is 0 Å². The Balaban J connectivity index is 2.63. The number of primary amides is 1. The minimum Gasteiger partial charge on any atom is -0.370 e. The number of aryl methyl sites for hydroxylation is 1. The van der Waals surface area contributed by atoms with Crippen LogP contribution in [0.4, 0.5) is 0 Å². The van der Waals surface area contributed by atoms with Gasteiger partial charge in [0.1, 0.15) is 6.61 Å². The molecule has 0 radical (unpaired) electrons. The lowest BCUT2D eigenvalue weighted by atomic mass is 10.0. The van der Waals surface area contributed by atoms with Gasteiger partial charge < -0.3 is 21.5 Å². The molecular weight excluding hydrogens is 270 g/mol. The fourth-order valence-corrected chi connectivity index (χ4v) is 1.61. The highest BCUT2D eigenvalue weighted by molar-refractivity contribution is 5.96. The molecule has 6 heteroatoms. The molecule has 2 amide bonds. The first-order valence-corrected chi connectivity index (χ1v) is 6.48. The standard InChI is InChI=1S/C15H19N3O3/c1-11-4-5-13(12(9-11)3-2-6-16)15(20)18-7-8-21-10-14(17)19/h4-5,9H,6-8,10,16H2,1H3,(H2,17,19)(H,18,20). The van der Waals surface area contributed by atoms with Crippen molar-refractivity contribution in [2.45, 2.75) is 6.92 Å². The summed E-state index contributed by atoms with van der Waals surface area (Å²) in [6.45, 7) is 2.49. The van der Waals surface area contributed by atoms with Gasteiger partial charge in [0.2, 0.25) is 5.91 Å². The normalized spacial score (nSPS) is 9.62. The average molecular weight is 289 g/mol. The van der Waals surface area contributed by atoms with E-state index < -0.39 is 5.91 Å². The smallest absolute Gasteiger partial charge is 0.252 e. The Morgan fingerprint density at radius 2 is 2.14 bits per heavy atom. The Morgan fingerprint density at radius 3 is 2.81 bits per heavy atom. The summed E-state index contributed by atoms with van der Waals surface area (Å²) in [5, 5.41) is 2.69. The van der Waals surface area contributed by atoms with Crippen molar-refractivity contribution in [3.05, 3.63) is 34.9 Å². The maximum absolute atomic E-state index is 12.1. The Morgan fingerprint density at radius 1 is 1.38 bits per heavy atom. The van der Waals surface area contributed by atoms with Crippen molar-refractivity contribution in [3.63, 3.8) is 0 Å². The van der Waals surface area contributed by atoms with E-state index in [1.807, 2.05) is 19.1 Å². The maximum atomic E-state index is 12.1. The first-order valence-electron chi connectivity index (χ1n) is 6.48. The van der Waals surface area contributed by atoms with Gasteiger partial charge in [-0.05, 0) is 24.6 Å². The largest absolute Gasteiger partial charge is 0.370 e. The summed E-state index contributed by atoms with van der Waals surface area (Å²) in [6.07, 6.45) is 0. The summed E-state index contributed by atoms with van der Waals surface area (Å²) < 4.78 is 4.96. The molecule has 0 aliphatic carbocycles. The average Bonchev–Trinajstić information content (AvgIpc) is 2.44. The highest BCUT2D eigenvalue weighted by Crippen LogP contribution is 2.10. The molecule has 0 aliphatic heterocycles. The number of carbonyl (C=O) groups excluding carboxylic acids is 2. The fourth-order valence-electron chi connectivity index (χ4n) is 1.61. The molecule has 0 saturated carbocycles. The number of hydrogen-bond donors (Lipinski definition) is 3. The topological polar surface area (TPSA) is 107 Å². The number of carbonyl (C=O) groups is 2. The van der Waals surface area contributed by atoms with Crippen LogP contribution in [0.1, 0.15) is 21.5 Å². The molecule has 1 aromatic rings. The molecule has 0 aromatic heterocycles. The number of rotatable bonds is 6. The lowest BCUT2D eigenvalue weighted by Crippen LogP contribution is -2.29. The van der Waals surface area contributed by atoms with Gasteiger partial charge in [-0.2, -0.15) is 0 Å². The van der Waals surface area contributed by atoms with E-state index in [0.717, 1.165) is 5.56 Å². The van der Waals surface area contributed by atoms with Crippen LogP contribution in [0.15, 0.2) is 18.2 Å². The van der Waals surface area contributed by atoms with E-state index in [-0.39, 0.29) is 32.2 Å². The second-order valence-electron chi connectivity index (χ2n) is 4.33. The van der Waals surface area contributed by atoms with E-state index in [0.29, 0.717) is 11.1 Å². The van der Waals surface area contributed by atoms with Crippen LogP contribution in [-0.2, 0) is 9.53 Å². The number of nitrogens with two attached hydrogens (primary N) is 2. The van der Waals surface area contributed by atoms with Gasteiger partial charge in [-0.3, -0.25) is 9.59 Å². The number of ether oxygens (including phenoxy) is 1. The molecule has 112 valence electrons. The van der Waals surface area contributed by atoms with E-state index in [2.05, 4.69) is 17.2 Å². The van der Waals surface area contributed by atoms with Crippen LogP contribution in [0.3, 0.4) is 0 Å². The molecule has 0 heterocycles. The molecule has 0 aliphatic rings. The Kier molecular flexibility index (Phi) is 6.95. The van der Waals surface area contributed by atoms with Crippen molar-refractivity contribution in [3.8, 4) is 11.8 Å². The van der Waals surface area contributed by atoms with Crippen LogP contribution in [-0.4, -0.2) is 38.1 Å². The molecule has 21 heavy (non-hydrogen) atoms. The first kappa shape index (κ1) is 16.7. The van der Waals surface area contributed by atoms with Gasteiger partial charge in [-0.25, -0.2) is 0 Å². The van der Waals surface area contributed by atoms with Gasteiger partial charge in [0.05, 0.1) is 18.7 Å². The maximum Gasteiger partial charge on any atom is 0.252 e. The second kappa shape index (κ2) is 8.74. The van der Waals surface area contributed by atoms with Crippen LogP contribution in [0.2, 0.25) is 0 Å².